The summed E-state index contributed by atoms with van der Waals surface area (Å²) < 4.78 is 11.1. The van der Waals surface area contributed by atoms with Gasteiger partial charge >= 0.3 is 0 Å². The molecule has 0 saturated heterocycles. The summed E-state index contributed by atoms with van der Waals surface area (Å²) >= 11 is 0. The van der Waals surface area contributed by atoms with E-state index in [1.54, 1.807) is 0 Å². The zero-order valence-corrected chi connectivity index (χ0v) is 19.2. The number of ether oxygens (including phenoxy) is 1. The Bertz CT molecular complexity index is 837. The summed E-state index contributed by atoms with van der Waals surface area (Å²) in [5.74, 6) is 1.82. The first-order chi connectivity index (χ1) is 14.6. The van der Waals surface area contributed by atoms with Crippen LogP contribution < -0.4 is 10.1 Å². The number of benzene rings is 2. The molecule has 30 heavy (non-hydrogen) atoms. The highest BCUT2D eigenvalue weighted by molar-refractivity contribution is 5.41. The van der Waals surface area contributed by atoms with Crippen molar-refractivity contribution in [1.29, 1.82) is 0 Å². The lowest BCUT2D eigenvalue weighted by Gasteiger charge is -2.09. The Hall–Kier alpha value is -3.01. The van der Waals surface area contributed by atoms with Gasteiger partial charge in [-0.05, 0) is 29.2 Å². The molecule has 0 aliphatic carbocycles. The van der Waals surface area contributed by atoms with Gasteiger partial charge in [-0.2, -0.15) is 0 Å². The normalized spacial score (nSPS) is 9.70. The van der Waals surface area contributed by atoms with Gasteiger partial charge < -0.3 is 14.6 Å². The largest absolute Gasteiger partial charge is 0.489 e. The van der Waals surface area contributed by atoms with Gasteiger partial charge in [-0.25, -0.2) is 0 Å². The average molecular weight is 409 g/mol. The number of nitrogens with zero attached hydrogens (tertiary/aromatic N) is 1. The molecule has 162 valence electrons. The van der Waals surface area contributed by atoms with Crippen LogP contribution >= 0.6 is 0 Å². The van der Waals surface area contributed by atoms with Crippen LogP contribution in [-0.4, -0.2) is 5.16 Å². The molecular formula is C26H36N2O2. The maximum absolute atomic E-state index is 5.81. The number of hydrogen-bond donors (Lipinski definition) is 1. The van der Waals surface area contributed by atoms with Crippen molar-refractivity contribution in [1.82, 2.24) is 5.16 Å². The van der Waals surface area contributed by atoms with Crippen molar-refractivity contribution in [3.05, 3.63) is 89.8 Å². The molecule has 1 N–H and O–H groups in total. The molecule has 0 bridgehead atoms. The molecule has 0 fully saturated rings. The number of aromatic nitrogens is 1. The van der Waals surface area contributed by atoms with E-state index >= 15 is 0 Å². The lowest BCUT2D eigenvalue weighted by Crippen LogP contribution is -2.01. The maximum atomic E-state index is 5.81. The Morgan fingerprint density at radius 3 is 2.17 bits per heavy atom. The quantitative estimate of drug-likeness (QED) is 0.417. The van der Waals surface area contributed by atoms with E-state index in [1.165, 1.54) is 0 Å². The van der Waals surface area contributed by atoms with Crippen molar-refractivity contribution in [2.45, 2.75) is 60.5 Å². The van der Waals surface area contributed by atoms with Crippen LogP contribution in [0.15, 0.2) is 77.5 Å². The Labute approximate surface area is 182 Å². The van der Waals surface area contributed by atoms with Crippen molar-refractivity contribution >= 4 is 5.88 Å². The van der Waals surface area contributed by atoms with Gasteiger partial charge in [0.2, 0.25) is 5.88 Å². The first-order valence-corrected chi connectivity index (χ1v) is 10.8. The van der Waals surface area contributed by atoms with Crippen LogP contribution in [0.2, 0.25) is 0 Å². The molecule has 0 aliphatic heterocycles. The van der Waals surface area contributed by atoms with Gasteiger partial charge in [0.1, 0.15) is 12.4 Å². The third-order valence-corrected chi connectivity index (χ3v) is 4.01. The fraction of sp³-hybridized carbons (Fsp3) is 0.346. The predicted molar refractivity (Wildman–Crippen MR) is 127 cm³/mol. The van der Waals surface area contributed by atoms with Crippen molar-refractivity contribution in [2.24, 2.45) is 0 Å². The molecule has 4 nitrogen and oxygen atoms in total. The predicted octanol–water partition coefficient (Wildman–Crippen LogP) is 7.60. The molecule has 1 heterocycles. The van der Waals surface area contributed by atoms with Crippen molar-refractivity contribution in [3.63, 3.8) is 0 Å². The van der Waals surface area contributed by atoms with Crippen LogP contribution in [0.1, 0.15) is 64.3 Å². The van der Waals surface area contributed by atoms with Crippen molar-refractivity contribution in [2.75, 3.05) is 5.32 Å². The van der Waals surface area contributed by atoms with Gasteiger partial charge in [-0.1, -0.05) is 95.7 Å². The second-order valence-electron chi connectivity index (χ2n) is 6.59. The summed E-state index contributed by atoms with van der Waals surface area (Å²) in [4.78, 5) is 0. The fourth-order valence-corrected chi connectivity index (χ4v) is 2.53. The molecule has 3 aromatic rings. The van der Waals surface area contributed by atoms with Crippen LogP contribution in [0, 0.1) is 0 Å². The number of nitrogens with one attached hydrogen (secondary N) is 1. The molecule has 1 aromatic heterocycles. The maximum Gasteiger partial charge on any atom is 0.229 e. The number of allylic oxidation sites excluding steroid dienone is 1. The topological polar surface area (TPSA) is 47.3 Å². The van der Waals surface area contributed by atoms with E-state index in [2.05, 4.69) is 43.0 Å². The van der Waals surface area contributed by atoms with Crippen molar-refractivity contribution < 1.29 is 9.26 Å². The monoisotopic (exact) mass is 408 g/mol. The van der Waals surface area contributed by atoms with E-state index in [0.29, 0.717) is 24.8 Å². The molecular weight excluding hydrogens is 372 g/mol. The van der Waals surface area contributed by atoms with Gasteiger partial charge in [0.05, 0.1) is 5.69 Å². The Morgan fingerprint density at radius 2 is 1.60 bits per heavy atom. The Kier molecular flexibility index (Phi) is 11.7. The average Bonchev–Trinajstić information content (AvgIpc) is 3.25. The third kappa shape index (κ3) is 8.56. The SMILES string of the molecule is C=C(Cc1ccc(OCc2ccccc2)cc1)Nc1cc(C(C)C)no1.CC.CC. The van der Waals surface area contributed by atoms with Gasteiger partial charge in [0.25, 0.3) is 0 Å². The molecule has 2 aromatic carbocycles. The zero-order chi connectivity index (χ0) is 22.4. The van der Waals surface area contributed by atoms with E-state index in [4.69, 9.17) is 9.26 Å². The van der Waals surface area contributed by atoms with Gasteiger partial charge in [0.15, 0.2) is 0 Å². The van der Waals surface area contributed by atoms with Crippen LogP contribution in [0.25, 0.3) is 0 Å². The van der Waals surface area contributed by atoms with Crippen LogP contribution in [0.4, 0.5) is 5.88 Å². The molecule has 4 heteroatoms. The summed E-state index contributed by atoms with van der Waals surface area (Å²) in [5, 5.41) is 7.21. The Balaban J connectivity index is 0.00000106. The molecule has 0 unspecified atom stereocenters. The van der Waals surface area contributed by atoms with E-state index in [9.17, 15) is 0 Å². The highest BCUT2D eigenvalue weighted by atomic mass is 16.5. The lowest BCUT2D eigenvalue weighted by molar-refractivity contribution is 0.306. The minimum Gasteiger partial charge on any atom is -0.489 e. The highest BCUT2D eigenvalue weighted by Crippen LogP contribution is 2.20. The van der Waals surface area contributed by atoms with E-state index < -0.39 is 0 Å². The van der Waals surface area contributed by atoms with Crippen LogP contribution in [-0.2, 0) is 13.0 Å². The smallest absolute Gasteiger partial charge is 0.229 e. The van der Waals surface area contributed by atoms with Gasteiger partial charge in [0, 0.05) is 18.2 Å². The second kappa shape index (κ2) is 14.0. The zero-order valence-electron chi connectivity index (χ0n) is 19.2. The summed E-state index contributed by atoms with van der Waals surface area (Å²) in [7, 11) is 0. The number of anilines is 1. The summed E-state index contributed by atoms with van der Waals surface area (Å²) in [5.41, 5.74) is 4.09. The van der Waals surface area contributed by atoms with E-state index in [0.717, 1.165) is 28.3 Å². The van der Waals surface area contributed by atoms with Crippen LogP contribution in [0.5, 0.6) is 5.75 Å². The molecule has 0 saturated carbocycles. The minimum absolute atomic E-state index is 0.339. The first-order valence-electron chi connectivity index (χ1n) is 10.8. The summed E-state index contributed by atoms with van der Waals surface area (Å²) in [6, 6.07) is 20.1. The fourth-order valence-electron chi connectivity index (χ4n) is 2.53. The highest BCUT2D eigenvalue weighted by Gasteiger charge is 2.08. The van der Waals surface area contributed by atoms with Crippen molar-refractivity contribution in [3.8, 4) is 5.75 Å². The number of rotatable bonds is 8. The lowest BCUT2D eigenvalue weighted by atomic mass is 10.1. The standard InChI is InChI=1S/C22H24N2O2.2C2H6/c1-16(2)21-14-22(26-24-21)23-17(3)13-18-9-11-20(12-10-18)25-15-19-7-5-4-6-8-19;2*1-2/h4-12,14,16,23H,3,13,15H2,1-2H3;2*1-2H3. The molecule has 0 amide bonds. The van der Waals surface area contributed by atoms with Gasteiger partial charge in [-0.3, -0.25) is 0 Å². The summed E-state index contributed by atoms with van der Waals surface area (Å²) in [6.45, 7) is 16.8. The molecule has 3 rings (SSSR count). The molecule has 0 aliphatic rings. The third-order valence-electron chi connectivity index (χ3n) is 4.01. The van der Waals surface area contributed by atoms with Gasteiger partial charge in [-0.15, -0.1) is 0 Å². The molecule has 0 radical (unpaired) electrons. The summed E-state index contributed by atoms with van der Waals surface area (Å²) in [6.07, 6.45) is 0.705. The Morgan fingerprint density at radius 1 is 0.967 bits per heavy atom. The van der Waals surface area contributed by atoms with E-state index in [1.807, 2.05) is 76.2 Å². The van der Waals surface area contributed by atoms with Crippen LogP contribution in [0.3, 0.4) is 0 Å². The van der Waals surface area contributed by atoms with E-state index in [-0.39, 0.29) is 0 Å². The second-order valence-corrected chi connectivity index (χ2v) is 6.59. The number of hydrogen-bond acceptors (Lipinski definition) is 4. The minimum atomic E-state index is 0.339. The first kappa shape index (κ1) is 25.0. The molecule has 0 spiro atoms. The molecule has 0 atom stereocenters.